The zero-order chi connectivity index (χ0) is 15.2. The summed E-state index contributed by atoms with van der Waals surface area (Å²) < 4.78 is 10.4. The summed E-state index contributed by atoms with van der Waals surface area (Å²) in [4.78, 5) is 16.0. The normalized spacial score (nSPS) is 10.2. The van der Waals surface area contributed by atoms with Crippen LogP contribution in [0.4, 0.5) is 5.82 Å². The van der Waals surface area contributed by atoms with E-state index in [1.54, 1.807) is 38.6 Å². The van der Waals surface area contributed by atoms with Gasteiger partial charge in [-0.1, -0.05) is 6.07 Å². The van der Waals surface area contributed by atoms with Crippen LogP contribution in [-0.2, 0) is 17.6 Å². The Morgan fingerprint density at radius 3 is 2.33 bits per heavy atom. The van der Waals surface area contributed by atoms with Crippen LogP contribution in [0, 0.1) is 0 Å². The molecule has 0 aliphatic heterocycles. The minimum Gasteiger partial charge on any atom is -0.493 e. The molecule has 0 bridgehead atoms. The fourth-order valence-electron chi connectivity index (χ4n) is 2.11. The van der Waals surface area contributed by atoms with E-state index in [-0.39, 0.29) is 5.78 Å². The molecule has 1 heterocycles. The molecule has 5 heteroatoms. The van der Waals surface area contributed by atoms with Crippen molar-refractivity contribution in [2.75, 3.05) is 20.0 Å². The van der Waals surface area contributed by atoms with Crippen LogP contribution in [0.25, 0.3) is 0 Å². The summed E-state index contributed by atoms with van der Waals surface area (Å²) in [6, 6.07) is 8.99. The van der Waals surface area contributed by atoms with E-state index >= 15 is 0 Å². The largest absolute Gasteiger partial charge is 0.493 e. The van der Waals surface area contributed by atoms with Crippen LogP contribution in [-0.4, -0.2) is 25.0 Å². The third-order valence-corrected chi connectivity index (χ3v) is 3.10. The molecule has 1 aromatic carbocycles. The molecule has 0 unspecified atom stereocenters. The van der Waals surface area contributed by atoms with Crippen molar-refractivity contribution >= 4 is 11.6 Å². The third kappa shape index (κ3) is 3.95. The van der Waals surface area contributed by atoms with E-state index in [9.17, 15) is 4.79 Å². The molecule has 21 heavy (non-hydrogen) atoms. The highest BCUT2D eigenvalue weighted by Gasteiger charge is 2.09. The summed E-state index contributed by atoms with van der Waals surface area (Å²) in [5.74, 6) is 1.80. The van der Waals surface area contributed by atoms with Crippen molar-refractivity contribution in [1.29, 1.82) is 0 Å². The van der Waals surface area contributed by atoms with E-state index < -0.39 is 0 Å². The van der Waals surface area contributed by atoms with Gasteiger partial charge >= 0.3 is 0 Å². The summed E-state index contributed by atoms with van der Waals surface area (Å²) in [7, 11) is 3.15. The van der Waals surface area contributed by atoms with Crippen molar-refractivity contribution in [1.82, 2.24) is 4.98 Å². The van der Waals surface area contributed by atoms with Gasteiger partial charge in [-0.25, -0.2) is 4.98 Å². The first-order valence-corrected chi connectivity index (χ1v) is 6.55. The molecule has 2 aromatic rings. The molecule has 110 valence electrons. The number of rotatable bonds is 6. The lowest BCUT2D eigenvalue weighted by molar-refractivity contribution is -0.117. The molecule has 0 amide bonds. The van der Waals surface area contributed by atoms with Crippen molar-refractivity contribution in [3.63, 3.8) is 0 Å². The lowest BCUT2D eigenvalue weighted by Gasteiger charge is -2.09. The summed E-state index contributed by atoms with van der Waals surface area (Å²) in [5, 5.41) is 0. The van der Waals surface area contributed by atoms with E-state index in [4.69, 9.17) is 15.2 Å². The molecule has 0 aliphatic carbocycles. The van der Waals surface area contributed by atoms with Gasteiger partial charge in [0.2, 0.25) is 0 Å². The molecule has 2 N–H and O–H groups in total. The standard InChI is InChI=1S/C16H18N2O3/c1-20-14-4-3-11(9-15(14)21-2)7-13(19)8-12-5-6-18-16(17)10-12/h3-6,9-10H,7-8H2,1-2H3,(H2,17,18). The zero-order valence-electron chi connectivity index (χ0n) is 12.1. The first-order valence-electron chi connectivity index (χ1n) is 6.55. The van der Waals surface area contributed by atoms with Crippen molar-refractivity contribution in [2.45, 2.75) is 12.8 Å². The van der Waals surface area contributed by atoms with Gasteiger partial charge in [0.05, 0.1) is 14.2 Å². The van der Waals surface area contributed by atoms with Gasteiger partial charge in [-0.3, -0.25) is 4.79 Å². The number of carbonyl (C=O) groups is 1. The van der Waals surface area contributed by atoms with Crippen LogP contribution in [0.2, 0.25) is 0 Å². The van der Waals surface area contributed by atoms with Crippen LogP contribution >= 0.6 is 0 Å². The number of nitrogen functional groups attached to an aromatic ring is 1. The topological polar surface area (TPSA) is 74.4 Å². The van der Waals surface area contributed by atoms with E-state index in [0.717, 1.165) is 11.1 Å². The van der Waals surface area contributed by atoms with Gasteiger partial charge in [0.1, 0.15) is 11.6 Å². The molecule has 0 atom stereocenters. The number of hydrogen-bond donors (Lipinski definition) is 1. The average Bonchev–Trinajstić information content (AvgIpc) is 2.47. The number of nitrogens with zero attached hydrogens (tertiary/aromatic N) is 1. The number of ketones is 1. The van der Waals surface area contributed by atoms with E-state index in [1.807, 2.05) is 12.1 Å². The van der Waals surface area contributed by atoms with Crippen LogP contribution in [0.3, 0.4) is 0 Å². The number of ether oxygens (including phenoxy) is 2. The Balaban J connectivity index is 2.06. The molecule has 0 saturated carbocycles. The average molecular weight is 286 g/mol. The maximum Gasteiger partial charge on any atom is 0.161 e. The van der Waals surface area contributed by atoms with Crippen LogP contribution in [0.15, 0.2) is 36.5 Å². The van der Waals surface area contributed by atoms with Crippen LogP contribution in [0.1, 0.15) is 11.1 Å². The van der Waals surface area contributed by atoms with Crippen molar-refractivity contribution < 1.29 is 14.3 Å². The molecular weight excluding hydrogens is 268 g/mol. The highest BCUT2D eigenvalue weighted by Crippen LogP contribution is 2.27. The number of nitrogens with two attached hydrogens (primary N) is 1. The third-order valence-electron chi connectivity index (χ3n) is 3.10. The quantitative estimate of drug-likeness (QED) is 0.879. The second kappa shape index (κ2) is 6.74. The number of anilines is 1. The molecule has 0 fully saturated rings. The molecule has 2 rings (SSSR count). The fraction of sp³-hybridized carbons (Fsp3) is 0.250. The number of aromatic nitrogens is 1. The van der Waals surface area contributed by atoms with Gasteiger partial charge in [-0.2, -0.15) is 0 Å². The Labute approximate surface area is 123 Å². The number of carbonyl (C=O) groups excluding carboxylic acids is 1. The molecule has 0 aliphatic rings. The Hall–Kier alpha value is -2.56. The first-order chi connectivity index (χ1) is 10.1. The van der Waals surface area contributed by atoms with E-state index in [1.165, 1.54) is 0 Å². The van der Waals surface area contributed by atoms with Gasteiger partial charge in [0.25, 0.3) is 0 Å². The van der Waals surface area contributed by atoms with Gasteiger partial charge in [-0.05, 0) is 35.4 Å². The van der Waals surface area contributed by atoms with E-state index in [0.29, 0.717) is 30.2 Å². The van der Waals surface area contributed by atoms with Crippen LogP contribution < -0.4 is 15.2 Å². The molecule has 1 aromatic heterocycles. The second-order valence-corrected chi connectivity index (χ2v) is 4.67. The minimum absolute atomic E-state index is 0.104. The summed E-state index contributed by atoms with van der Waals surface area (Å²) in [6.07, 6.45) is 2.28. The maximum absolute atomic E-state index is 12.1. The van der Waals surface area contributed by atoms with Crippen molar-refractivity contribution in [3.05, 3.63) is 47.7 Å². The van der Waals surface area contributed by atoms with Gasteiger partial charge in [-0.15, -0.1) is 0 Å². The fourth-order valence-corrected chi connectivity index (χ4v) is 2.11. The maximum atomic E-state index is 12.1. The summed E-state index contributed by atoms with van der Waals surface area (Å²) >= 11 is 0. The second-order valence-electron chi connectivity index (χ2n) is 4.67. The molecule has 0 radical (unpaired) electrons. The molecular formula is C16H18N2O3. The van der Waals surface area contributed by atoms with Crippen molar-refractivity contribution in [2.24, 2.45) is 0 Å². The van der Waals surface area contributed by atoms with Gasteiger partial charge < -0.3 is 15.2 Å². The number of Topliss-reactive ketones (excluding diaryl/α,β-unsaturated/α-hetero) is 1. The Morgan fingerprint density at radius 2 is 1.71 bits per heavy atom. The van der Waals surface area contributed by atoms with Gasteiger partial charge in [0.15, 0.2) is 11.5 Å². The number of pyridine rings is 1. The zero-order valence-corrected chi connectivity index (χ0v) is 12.1. The minimum atomic E-state index is 0.104. The number of methoxy groups -OCH3 is 2. The lowest BCUT2D eigenvalue weighted by atomic mass is 10.0. The highest BCUT2D eigenvalue weighted by atomic mass is 16.5. The Kier molecular flexibility index (Phi) is 4.77. The van der Waals surface area contributed by atoms with Gasteiger partial charge in [0, 0.05) is 19.0 Å². The molecule has 0 spiro atoms. The monoisotopic (exact) mass is 286 g/mol. The van der Waals surface area contributed by atoms with E-state index in [2.05, 4.69) is 4.98 Å². The highest BCUT2D eigenvalue weighted by molar-refractivity contribution is 5.83. The summed E-state index contributed by atoms with van der Waals surface area (Å²) in [6.45, 7) is 0. The SMILES string of the molecule is COc1ccc(CC(=O)Cc2ccnc(N)c2)cc1OC. The Morgan fingerprint density at radius 1 is 1.05 bits per heavy atom. The smallest absolute Gasteiger partial charge is 0.161 e. The predicted octanol–water partition coefficient (Wildman–Crippen LogP) is 2.04. The summed E-state index contributed by atoms with van der Waals surface area (Å²) in [5.41, 5.74) is 7.36. The Bertz CT molecular complexity index is 641. The first kappa shape index (κ1) is 14.8. The lowest BCUT2D eigenvalue weighted by Crippen LogP contribution is -2.07. The number of hydrogen-bond acceptors (Lipinski definition) is 5. The molecule has 5 nitrogen and oxygen atoms in total. The van der Waals surface area contributed by atoms with Crippen molar-refractivity contribution in [3.8, 4) is 11.5 Å². The number of benzene rings is 1. The molecule has 0 saturated heterocycles. The predicted molar refractivity (Wildman–Crippen MR) is 80.6 cm³/mol. The van der Waals surface area contributed by atoms with Crippen LogP contribution in [0.5, 0.6) is 11.5 Å².